The fraction of sp³-hybridized carbons (Fsp3) is 0.647. The van der Waals surface area contributed by atoms with E-state index in [2.05, 4.69) is 47.2 Å². The van der Waals surface area contributed by atoms with E-state index in [-0.39, 0.29) is 0 Å². The van der Waals surface area contributed by atoms with Crippen LogP contribution in [0.1, 0.15) is 44.2 Å². The number of fused-ring (bicyclic) bond motifs is 1. The third-order valence-corrected chi connectivity index (χ3v) is 4.14. The molecule has 0 spiro atoms. The first-order valence-corrected chi connectivity index (χ1v) is 8.61. The minimum Gasteiger partial charge on any atom is -0.493 e. The average molecular weight is 340 g/mol. The summed E-state index contributed by atoms with van der Waals surface area (Å²) in [5, 5.41) is 3.50. The second kappa shape index (κ2) is 8.04. The first-order valence-electron chi connectivity index (χ1n) is 7.81. The predicted octanol–water partition coefficient (Wildman–Crippen LogP) is 4.34. The van der Waals surface area contributed by atoms with Crippen LogP contribution in [-0.4, -0.2) is 19.7 Å². The molecule has 20 heavy (non-hydrogen) atoms. The number of nitrogens with one attached hydrogen (secondary N) is 1. The molecule has 0 saturated carbocycles. The summed E-state index contributed by atoms with van der Waals surface area (Å²) < 4.78 is 6.96. The van der Waals surface area contributed by atoms with Crippen LogP contribution in [0.3, 0.4) is 0 Å². The average Bonchev–Trinajstić information content (AvgIpc) is 2.85. The van der Waals surface area contributed by atoms with Crippen LogP contribution < -0.4 is 10.1 Å². The fourth-order valence-electron chi connectivity index (χ4n) is 2.66. The van der Waals surface area contributed by atoms with Gasteiger partial charge in [0.1, 0.15) is 5.75 Å². The van der Waals surface area contributed by atoms with Crippen molar-refractivity contribution in [1.82, 2.24) is 5.32 Å². The van der Waals surface area contributed by atoms with E-state index in [0.717, 1.165) is 44.2 Å². The maximum atomic E-state index is 5.77. The largest absolute Gasteiger partial charge is 0.493 e. The molecule has 0 fully saturated rings. The zero-order valence-electron chi connectivity index (χ0n) is 12.7. The molecular formula is C17H26BrNO. The Morgan fingerprint density at radius 3 is 2.90 bits per heavy atom. The van der Waals surface area contributed by atoms with Gasteiger partial charge in [-0.15, -0.1) is 0 Å². The first-order chi connectivity index (χ1) is 9.66. The molecule has 0 radical (unpaired) electrons. The molecule has 2 nitrogen and oxygen atoms in total. The number of hydrogen-bond acceptors (Lipinski definition) is 2. The molecule has 0 bridgehead atoms. The van der Waals surface area contributed by atoms with Gasteiger partial charge in [-0.2, -0.15) is 0 Å². The molecule has 1 aliphatic rings. The van der Waals surface area contributed by atoms with Crippen LogP contribution in [0.5, 0.6) is 5.75 Å². The first kappa shape index (κ1) is 15.8. The summed E-state index contributed by atoms with van der Waals surface area (Å²) in [4.78, 5) is 0. The van der Waals surface area contributed by atoms with Crippen molar-refractivity contribution in [2.24, 2.45) is 5.92 Å². The van der Waals surface area contributed by atoms with Gasteiger partial charge in [-0.1, -0.05) is 36.2 Å². The summed E-state index contributed by atoms with van der Waals surface area (Å²) in [6, 6.07) is 4.42. The Kier molecular flexibility index (Phi) is 6.37. The van der Waals surface area contributed by atoms with Crippen molar-refractivity contribution in [3.63, 3.8) is 0 Å². The monoisotopic (exact) mass is 339 g/mol. The molecule has 1 aromatic rings. The van der Waals surface area contributed by atoms with Crippen molar-refractivity contribution in [2.75, 3.05) is 19.7 Å². The molecule has 1 aliphatic heterocycles. The molecule has 0 unspecified atom stereocenters. The number of rotatable bonds is 8. The molecule has 0 atom stereocenters. The van der Waals surface area contributed by atoms with Crippen molar-refractivity contribution in [3.05, 3.63) is 27.7 Å². The Morgan fingerprint density at radius 2 is 2.10 bits per heavy atom. The molecule has 0 aliphatic carbocycles. The zero-order chi connectivity index (χ0) is 14.4. The lowest BCUT2D eigenvalue weighted by atomic mass is 10.0. The lowest BCUT2D eigenvalue weighted by Gasteiger charge is -2.10. The summed E-state index contributed by atoms with van der Waals surface area (Å²) in [5.74, 6) is 1.91. The van der Waals surface area contributed by atoms with E-state index in [4.69, 9.17) is 4.74 Å². The Bertz CT molecular complexity index is 431. The van der Waals surface area contributed by atoms with Crippen molar-refractivity contribution in [2.45, 2.75) is 46.0 Å². The molecule has 1 heterocycles. The predicted molar refractivity (Wildman–Crippen MR) is 88.6 cm³/mol. The number of aryl methyl sites for hydroxylation is 1. The van der Waals surface area contributed by atoms with Gasteiger partial charge < -0.3 is 10.1 Å². The van der Waals surface area contributed by atoms with Gasteiger partial charge in [-0.05, 0) is 61.5 Å². The number of ether oxygens (including phenoxy) is 1. The number of halogens is 1. The van der Waals surface area contributed by atoms with Crippen molar-refractivity contribution in [1.29, 1.82) is 0 Å². The Balaban J connectivity index is 1.70. The minimum absolute atomic E-state index is 0.747. The highest BCUT2D eigenvalue weighted by Crippen LogP contribution is 2.33. The van der Waals surface area contributed by atoms with E-state index in [1.807, 2.05) is 0 Å². The maximum Gasteiger partial charge on any atom is 0.125 e. The molecule has 2 rings (SSSR count). The quantitative estimate of drug-likeness (QED) is 0.711. The summed E-state index contributed by atoms with van der Waals surface area (Å²) in [5.41, 5.74) is 2.75. The highest BCUT2D eigenvalue weighted by molar-refractivity contribution is 9.10. The van der Waals surface area contributed by atoms with Crippen LogP contribution >= 0.6 is 15.9 Å². The van der Waals surface area contributed by atoms with Gasteiger partial charge in [0.2, 0.25) is 0 Å². The lowest BCUT2D eigenvalue weighted by Crippen LogP contribution is -2.20. The Labute approximate surface area is 131 Å². The highest BCUT2D eigenvalue weighted by Gasteiger charge is 2.16. The van der Waals surface area contributed by atoms with E-state index in [1.165, 1.54) is 34.9 Å². The van der Waals surface area contributed by atoms with Gasteiger partial charge in [-0.25, -0.2) is 0 Å². The molecular weight excluding hydrogens is 314 g/mol. The van der Waals surface area contributed by atoms with Crippen LogP contribution in [0.4, 0.5) is 0 Å². The number of benzene rings is 1. The maximum absolute atomic E-state index is 5.77. The second-order valence-electron chi connectivity index (χ2n) is 6.06. The van der Waals surface area contributed by atoms with Crippen LogP contribution in [0.15, 0.2) is 16.6 Å². The molecule has 0 saturated heterocycles. The molecule has 3 heteroatoms. The van der Waals surface area contributed by atoms with Crippen LogP contribution in [0, 0.1) is 5.92 Å². The lowest BCUT2D eigenvalue weighted by molar-refractivity contribution is 0.353. The Hall–Kier alpha value is -0.540. The van der Waals surface area contributed by atoms with Gasteiger partial charge >= 0.3 is 0 Å². The zero-order valence-corrected chi connectivity index (χ0v) is 14.3. The molecule has 0 amide bonds. The fourth-order valence-corrected chi connectivity index (χ4v) is 3.22. The van der Waals surface area contributed by atoms with Crippen LogP contribution in [0.25, 0.3) is 0 Å². The van der Waals surface area contributed by atoms with Gasteiger partial charge in [-0.3, -0.25) is 0 Å². The normalized spacial score (nSPS) is 13.6. The molecule has 1 aromatic carbocycles. The molecule has 0 aromatic heterocycles. The highest BCUT2D eigenvalue weighted by atomic mass is 79.9. The van der Waals surface area contributed by atoms with Crippen molar-refractivity contribution in [3.8, 4) is 5.75 Å². The SMILES string of the molecule is CC(C)CNCCCCCc1cc(Br)cc2c1OCC2. The summed E-state index contributed by atoms with van der Waals surface area (Å²) in [7, 11) is 0. The van der Waals surface area contributed by atoms with Crippen molar-refractivity contribution >= 4 is 15.9 Å². The van der Waals surface area contributed by atoms with E-state index >= 15 is 0 Å². The summed E-state index contributed by atoms with van der Waals surface area (Å²) in [6.07, 6.45) is 5.98. The van der Waals surface area contributed by atoms with E-state index < -0.39 is 0 Å². The van der Waals surface area contributed by atoms with Gasteiger partial charge in [0.15, 0.2) is 0 Å². The van der Waals surface area contributed by atoms with Crippen molar-refractivity contribution < 1.29 is 4.74 Å². The van der Waals surface area contributed by atoms with E-state index in [1.54, 1.807) is 0 Å². The second-order valence-corrected chi connectivity index (χ2v) is 6.98. The Morgan fingerprint density at radius 1 is 1.25 bits per heavy atom. The number of unbranched alkanes of at least 4 members (excludes halogenated alkanes) is 2. The van der Waals surface area contributed by atoms with E-state index in [9.17, 15) is 0 Å². The van der Waals surface area contributed by atoms with Gasteiger partial charge in [0.25, 0.3) is 0 Å². The summed E-state index contributed by atoms with van der Waals surface area (Å²) >= 11 is 3.61. The van der Waals surface area contributed by atoms with Gasteiger partial charge in [0.05, 0.1) is 6.61 Å². The standard InChI is InChI=1S/C17H26BrNO/c1-13(2)12-19-8-5-3-4-6-14-10-16(18)11-15-7-9-20-17(14)15/h10-11,13,19H,3-9,12H2,1-2H3. The molecule has 1 N–H and O–H groups in total. The summed E-state index contributed by atoms with van der Waals surface area (Å²) in [6.45, 7) is 7.62. The smallest absolute Gasteiger partial charge is 0.125 e. The van der Waals surface area contributed by atoms with Crippen LogP contribution in [-0.2, 0) is 12.8 Å². The van der Waals surface area contributed by atoms with E-state index in [0.29, 0.717) is 0 Å². The molecule has 112 valence electrons. The number of hydrogen-bond donors (Lipinski definition) is 1. The van der Waals surface area contributed by atoms with Crippen LogP contribution in [0.2, 0.25) is 0 Å². The third-order valence-electron chi connectivity index (χ3n) is 3.68. The third kappa shape index (κ3) is 4.78. The minimum atomic E-state index is 0.747. The topological polar surface area (TPSA) is 21.3 Å². The van der Waals surface area contributed by atoms with Gasteiger partial charge in [0, 0.05) is 10.9 Å².